The van der Waals surface area contributed by atoms with E-state index < -0.39 is 18.3 Å². The lowest BCUT2D eigenvalue weighted by Gasteiger charge is -2.24. The summed E-state index contributed by atoms with van der Waals surface area (Å²) in [6, 6.07) is 17.2. The summed E-state index contributed by atoms with van der Waals surface area (Å²) < 4.78 is 40.5. The molecule has 2 aromatic heterocycles. The molecule has 4 fully saturated rings. The highest BCUT2D eigenvalue weighted by atomic mass is 79.9. The smallest absolute Gasteiger partial charge is 0.488 e. The lowest BCUT2D eigenvalue weighted by atomic mass is 9.80. The summed E-state index contributed by atoms with van der Waals surface area (Å²) in [6.07, 6.45) is 10.4. The zero-order valence-corrected chi connectivity index (χ0v) is 46.7. The molecule has 4 saturated heterocycles. The Labute approximate surface area is 468 Å². The maximum Gasteiger partial charge on any atom is 0.488 e. The predicted octanol–water partition coefficient (Wildman–Crippen LogP) is 11.4. The second kappa shape index (κ2) is 25.5. The number of halogens is 3. The number of ether oxygens (including phenoxy) is 6. The fourth-order valence-electron chi connectivity index (χ4n) is 9.21. The van der Waals surface area contributed by atoms with Crippen molar-refractivity contribution in [3.63, 3.8) is 0 Å². The van der Waals surface area contributed by atoms with E-state index in [-0.39, 0.29) is 71.3 Å². The summed E-state index contributed by atoms with van der Waals surface area (Å²) in [7, 11) is -1.55. The minimum atomic E-state index is -1.55. The Morgan fingerprint density at radius 3 is 1.58 bits per heavy atom. The second-order valence-electron chi connectivity index (χ2n) is 21.2. The molecule has 4 aliphatic rings. The molecule has 0 aliphatic carbocycles. The number of likely N-dealkylation sites (tertiary alicyclic amines) is 2. The zero-order chi connectivity index (χ0) is 54.5. The maximum atomic E-state index is 12.5. The van der Waals surface area contributed by atoms with Gasteiger partial charge in [0.25, 0.3) is 0 Å². The monoisotopic (exact) mass is 1170 g/mol. The van der Waals surface area contributed by atoms with Crippen molar-refractivity contribution in [2.45, 2.75) is 136 Å². The van der Waals surface area contributed by atoms with Crippen molar-refractivity contribution in [1.82, 2.24) is 29.4 Å². The molecule has 0 radical (unpaired) electrons. The Morgan fingerprint density at radius 2 is 1.13 bits per heavy atom. The van der Waals surface area contributed by atoms with Gasteiger partial charge in [0.1, 0.15) is 46.4 Å². The normalized spacial score (nSPS) is 19.6. The molecule has 6 heterocycles. The first-order chi connectivity index (χ1) is 36.1. The standard InChI is InChI=1S/C27H32ClN3O5.C21H28BrN3O4.C6H6BClO3.CH4/c1-27(2,3)36-26(33)30-10-9-19(16-30)35-24-14-18(17-7-8-23(32)21(28)12-17)13-22-20(24)15-29-31(22)25-6-4-5-11-34-25;1-21(2,3)29-20(26)24-8-7-15(13-24)28-18-11-14(22)10-17-16(18)12-23-25(17)19-6-4-5-9-27-19;8-5-3-4(7(10)11)1-2-6(5)9;/h7-8,12-15,19,25,32H,4-6,9-11,16H2,1-3H3;10-12,15,19H,4-9,13H2,1-3H3;1-3,9-11H;1H4/t19-,25?;15-,19?;;/m00../s1. The molecule has 22 heteroatoms. The fourth-order valence-corrected chi connectivity index (χ4v) is 10.0. The Kier molecular flexibility index (Phi) is 19.6. The maximum absolute atomic E-state index is 12.5. The highest BCUT2D eigenvalue weighted by Gasteiger charge is 2.34. The molecule has 0 bridgehead atoms. The van der Waals surface area contributed by atoms with Gasteiger partial charge in [0.05, 0.1) is 57.3 Å². The van der Waals surface area contributed by atoms with E-state index >= 15 is 0 Å². The molecule has 2 unspecified atom stereocenters. The van der Waals surface area contributed by atoms with Crippen LogP contribution in [0.1, 0.15) is 113 Å². The van der Waals surface area contributed by atoms with E-state index in [1.807, 2.05) is 81.5 Å². The molecule has 77 heavy (non-hydrogen) atoms. The van der Waals surface area contributed by atoms with Gasteiger partial charge >= 0.3 is 19.3 Å². The third-order valence-corrected chi connectivity index (χ3v) is 14.0. The van der Waals surface area contributed by atoms with Crippen LogP contribution in [0.4, 0.5) is 9.59 Å². The number of rotatable bonds is 8. The van der Waals surface area contributed by atoms with Gasteiger partial charge in [0.15, 0.2) is 12.5 Å². The van der Waals surface area contributed by atoms with Gasteiger partial charge < -0.3 is 58.5 Å². The van der Waals surface area contributed by atoms with Gasteiger partial charge in [-0.25, -0.2) is 19.0 Å². The summed E-state index contributed by atoms with van der Waals surface area (Å²) in [5.74, 6) is 1.42. The van der Waals surface area contributed by atoms with Crippen LogP contribution in [0.2, 0.25) is 10.0 Å². The Balaban J connectivity index is 0.000000188. The van der Waals surface area contributed by atoms with Gasteiger partial charge in [0.2, 0.25) is 0 Å². The number of phenols is 2. The number of amides is 2. The summed E-state index contributed by atoms with van der Waals surface area (Å²) in [4.78, 5) is 28.3. The number of benzene rings is 4. The third-order valence-electron chi connectivity index (χ3n) is 12.9. The summed E-state index contributed by atoms with van der Waals surface area (Å²) in [6.45, 7) is 14.9. The number of hydrogen-bond acceptors (Lipinski definition) is 14. The number of phenolic OH excluding ortho intramolecular Hbond substituents is 2. The minimum Gasteiger partial charge on any atom is -0.506 e. The lowest BCUT2D eigenvalue weighted by Crippen LogP contribution is -2.36. The number of hydrogen-bond donors (Lipinski definition) is 4. The molecule has 0 saturated carbocycles. The van der Waals surface area contributed by atoms with Gasteiger partial charge in [0, 0.05) is 43.6 Å². The zero-order valence-electron chi connectivity index (χ0n) is 43.6. The van der Waals surface area contributed by atoms with Crippen molar-refractivity contribution < 1.29 is 58.3 Å². The van der Waals surface area contributed by atoms with Gasteiger partial charge in [-0.15, -0.1) is 0 Å². The summed E-state index contributed by atoms with van der Waals surface area (Å²) in [5.41, 5.74) is 2.85. The van der Waals surface area contributed by atoms with Gasteiger partial charge in [-0.2, -0.15) is 10.2 Å². The number of aromatic nitrogens is 4. The molecular weight excluding hydrogens is 1100 g/mol. The van der Waals surface area contributed by atoms with E-state index in [9.17, 15) is 14.7 Å². The van der Waals surface area contributed by atoms with Gasteiger partial charge in [-0.05, 0) is 145 Å². The quantitative estimate of drug-likeness (QED) is 0.104. The number of aromatic hydroxyl groups is 2. The topological polar surface area (TPSA) is 213 Å². The van der Waals surface area contributed by atoms with Crippen LogP contribution in [0.15, 0.2) is 77.5 Å². The Bertz CT molecular complexity index is 2990. The van der Waals surface area contributed by atoms with Crippen LogP contribution >= 0.6 is 39.1 Å². The molecule has 4 N–H and O–H groups in total. The lowest BCUT2D eigenvalue weighted by molar-refractivity contribution is -0.0367. The van der Waals surface area contributed by atoms with Crippen LogP contribution in [0.25, 0.3) is 32.9 Å². The largest absolute Gasteiger partial charge is 0.506 e. The molecule has 4 atom stereocenters. The van der Waals surface area contributed by atoms with Crippen LogP contribution in [-0.4, -0.2) is 132 Å². The number of nitrogens with zero attached hydrogens (tertiary/aromatic N) is 6. The third kappa shape index (κ3) is 15.4. The van der Waals surface area contributed by atoms with Crippen molar-refractivity contribution in [3.8, 4) is 34.1 Å². The highest BCUT2D eigenvalue weighted by molar-refractivity contribution is 9.10. The molecule has 6 aromatic rings. The van der Waals surface area contributed by atoms with Crippen LogP contribution in [-0.2, 0) is 18.9 Å². The second-order valence-corrected chi connectivity index (χ2v) is 23.0. The van der Waals surface area contributed by atoms with Crippen molar-refractivity contribution in [3.05, 3.63) is 87.6 Å². The average molecular weight is 1170 g/mol. The van der Waals surface area contributed by atoms with Crippen LogP contribution in [0, 0.1) is 0 Å². The van der Waals surface area contributed by atoms with E-state index in [1.54, 1.807) is 21.9 Å². The number of fused-ring (bicyclic) bond motifs is 2. The van der Waals surface area contributed by atoms with E-state index in [4.69, 9.17) is 66.8 Å². The van der Waals surface area contributed by atoms with Crippen molar-refractivity contribution in [2.24, 2.45) is 0 Å². The highest BCUT2D eigenvalue weighted by Crippen LogP contribution is 2.39. The predicted molar refractivity (Wildman–Crippen MR) is 300 cm³/mol. The molecule has 10 rings (SSSR count). The SMILES string of the molecule is C.CC(C)(C)OC(=O)N1CC[C@H](Oc2cc(-c3ccc(O)c(Cl)c3)cc3c2cnn3C2CCCCO2)C1.CC(C)(C)OC(=O)N1CC[C@H](Oc2cc(Br)cc3c2cnn3C2CCCCO2)C1.OB(O)c1ccc(O)c(Cl)c1. The molecular formula is C55H70BBrCl2N6O12. The minimum absolute atomic E-state index is 0. The molecule has 416 valence electrons. The number of carbonyl (C=O) groups is 2. The van der Waals surface area contributed by atoms with Gasteiger partial charge in [-0.1, -0.05) is 58.7 Å². The Morgan fingerprint density at radius 1 is 0.649 bits per heavy atom. The van der Waals surface area contributed by atoms with Crippen molar-refractivity contribution in [1.29, 1.82) is 0 Å². The van der Waals surface area contributed by atoms with Crippen LogP contribution in [0.5, 0.6) is 23.0 Å². The average Bonchev–Trinajstić information content (AvgIpc) is 4.24. The summed E-state index contributed by atoms with van der Waals surface area (Å²) >= 11 is 15.3. The van der Waals surface area contributed by atoms with E-state index in [2.05, 4.69) is 38.3 Å². The first kappa shape index (κ1) is 59.2. The van der Waals surface area contributed by atoms with Crippen LogP contribution in [0.3, 0.4) is 0 Å². The van der Waals surface area contributed by atoms with Gasteiger partial charge in [-0.3, -0.25) is 0 Å². The molecule has 4 aliphatic heterocycles. The first-order valence-electron chi connectivity index (χ1n) is 25.6. The first-order valence-corrected chi connectivity index (χ1v) is 27.2. The van der Waals surface area contributed by atoms with E-state index in [0.29, 0.717) is 45.0 Å². The summed E-state index contributed by atoms with van der Waals surface area (Å²) in [5, 5.41) is 47.6. The molecule has 18 nitrogen and oxygen atoms in total. The molecule has 2 amide bonds. The fraction of sp³-hybridized carbons (Fsp3) is 0.491. The van der Waals surface area contributed by atoms with E-state index in [1.165, 1.54) is 18.2 Å². The van der Waals surface area contributed by atoms with E-state index in [0.717, 1.165) is 94.7 Å². The van der Waals surface area contributed by atoms with Crippen molar-refractivity contribution >= 4 is 85.7 Å². The molecule has 0 spiro atoms. The molecule has 4 aromatic carbocycles. The van der Waals surface area contributed by atoms with Crippen LogP contribution < -0.4 is 14.9 Å². The van der Waals surface area contributed by atoms with Crippen molar-refractivity contribution in [2.75, 3.05) is 39.4 Å². The number of carbonyl (C=O) groups excluding carboxylic acids is 2. The Hall–Kier alpha value is -5.48.